The number of nitrogens with two attached hydrogens (primary N) is 1. The van der Waals surface area contributed by atoms with Crippen molar-refractivity contribution in [3.05, 3.63) is 24.0 Å². The van der Waals surface area contributed by atoms with Crippen molar-refractivity contribution >= 4 is 5.69 Å². The van der Waals surface area contributed by atoms with Crippen LogP contribution in [0.25, 0.3) is 0 Å². The number of nitrogens with one attached hydrogen (secondary N) is 1. The summed E-state index contributed by atoms with van der Waals surface area (Å²) in [6.07, 6.45) is 5.62. The number of rotatable bonds is 3. The molecule has 16 heavy (non-hydrogen) atoms. The van der Waals surface area contributed by atoms with Crippen LogP contribution in [0.15, 0.2) is 18.3 Å². The minimum atomic E-state index is 0.493. The molecule has 1 unspecified atom stereocenters. The largest absolute Gasteiger partial charge is 0.397 e. The molecule has 0 aromatic carbocycles. The van der Waals surface area contributed by atoms with Crippen LogP contribution in [-0.2, 0) is 6.54 Å². The van der Waals surface area contributed by atoms with Gasteiger partial charge < -0.3 is 11.1 Å². The van der Waals surface area contributed by atoms with E-state index in [9.17, 15) is 0 Å². The monoisotopic (exact) mass is 219 g/mol. The fourth-order valence-corrected chi connectivity index (χ4v) is 2.45. The summed E-state index contributed by atoms with van der Waals surface area (Å²) in [5.41, 5.74) is 8.10. The summed E-state index contributed by atoms with van der Waals surface area (Å²) in [6.45, 7) is 5.46. The maximum atomic E-state index is 5.86. The van der Waals surface area contributed by atoms with Crippen molar-refractivity contribution in [2.75, 3.05) is 5.73 Å². The first-order valence-electron chi connectivity index (χ1n) is 6.00. The van der Waals surface area contributed by atoms with Gasteiger partial charge in [-0.3, -0.25) is 4.98 Å². The van der Waals surface area contributed by atoms with Crippen molar-refractivity contribution < 1.29 is 0 Å². The minimum absolute atomic E-state index is 0.493. The molecule has 0 radical (unpaired) electrons. The first kappa shape index (κ1) is 11.4. The van der Waals surface area contributed by atoms with Gasteiger partial charge in [0, 0.05) is 18.8 Å². The summed E-state index contributed by atoms with van der Waals surface area (Å²) in [7, 11) is 0. The van der Waals surface area contributed by atoms with E-state index in [1.165, 1.54) is 19.3 Å². The predicted molar refractivity (Wildman–Crippen MR) is 66.9 cm³/mol. The number of hydrogen-bond acceptors (Lipinski definition) is 3. The molecular weight excluding hydrogens is 198 g/mol. The normalized spacial score (nSPS) is 23.5. The van der Waals surface area contributed by atoms with E-state index in [1.54, 1.807) is 6.20 Å². The summed E-state index contributed by atoms with van der Waals surface area (Å²) >= 11 is 0. The van der Waals surface area contributed by atoms with E-state index < -0.39 is 0 Å². The molecule has 3 N–H and O–H groups in total. The van der Waals surface area contributed by atoms with Crippen LogP contribution in [0.3, 0.4) is 0 Å². The highest BCUT2D eigenvalue weighted by Gasteiger charge is 2.30. The van der Waals surface area contributed by atoms with Crippen LogP contribution in [0, 0.1) is 5.41 Å². The molecule has 0 aliphatic heterocycles. The van der Waals surface area contributed by atoms with Crippen LogP contribution in [0.2, 0.25) is 0 Å². The average molecular weight is 219 g/mol. The van der Waals surface area contributed by atoms with Gasteiger partial charge in [-0.25, -0.2) is 0 Å². The summed E-state index contributed by atoms with van der Waals surface area (Å²) in [4.78, 5) is 4.29. The van der Waals surface area contributed by atoms with Gasteiger partial charge in [0.05, 0.1) is 11.4 Å². The Balaban J connectivity index is 1.87. The van der Waals surface area contributed by atoms with E-state index in [2.05, 4.69) is 24.1 Å². The Bertz CT molecular complexity index is 360. The third-order valence-electron chi connectivity index (χ3n) is 3.45. The van der Waals surface area contributed by atoms with E-state index in [0.29, 0.717) is 11.5 Å². The lowest BCUT2D eigenvalue weighted by Crippen LogP contribution is -2.27. The van der Waals surface area contributed by atoms with E-state index in [1.807, 2.05) is 12.1 Å². The molecule has 2 rings (SSSR count). The molecule has 0 bridgehead atoms. The number of nitrogen functional groups attached to an aromatic ring is 1. The molecule has 1 aromatic rings. The fourth-order valence-electron chi connectivity index (χ4n) is 2.45. The topological polar surface area (TPSA) is 50.9 Å². The van der Waals surface area contributed by atoms with Crippen LogP contribution in [0.5, 0.6) is 0 Å². The Hall–Kier alpha value is -1.09. The lowest BCUT2D eigenvalue weighted by Gasteiger charge is -2.18. The van der Waals surface area contributed by atoms with Crippen molar-refractivity contribution in [2.24, 2.45) is 5.41 Å². The molecule has 88 valence electrons. The molecule has 1 aliphatic carbocycles. The molecular formula is C13H21N3. The molecule has 1 saturated carbocycles. The van der Waals surface area contributed by atoms with Gasteiger partial charge in [0.15, 0.2) is 0 Å². The summed E-state index contributed by atoms with van der Waals surface area (Å²) in [5, 5.41) is 3.55. The van der Waals surface area contributed by atoms with E-state index in [4.69, 9.17) is 5.73 Å². The number of pyridine rings is 1. The smallest absolute Gasteiger partial charge is 0.0770 e. The molecule has 1 heterocycles. The van der Waals surface area contributed by atoms with Crippen LogP contribution < -0.4 is 11.1 Å². The highest BCUT2D eigenvalue weighted by Crippen LogP contribution is 2.36. The number of aromatic nitrogens is 1. The zero-order chi connectivity index (χ0) is 11.6. The summed E-state index contributed by atoms with van der Waals surface area (Å²) in [5.74, 6) is 0. The first-order chi connectivity index (χ1) is 7.57. The molecule has 1 aromatic heterocycles. The number of nitrogens with zero attached hydrogens (tertiary/aromatic N) is 1. The average Bonchev–Trinajstić information content (AvgIpc) is 2.57. The van der Waals surface area contributed by atoms with Gasteiger partial charge in [0.1, 0.15) is 0 Å². The van der Waals surface area contributed by atoms with E-state index in [0.717, 1.165) is 17.9 Å². The molecule has 0 spiro atoms. The second kappa shape index (κ2) is 4.42. The van der Waals surface area contributed by atoms with Crippen molar-refractivity contribution in [3.8, 4) is 0 Å². The molecule has 1 fully saturated rings. The SMILES string of the molecule is CC1(C)CCC(NCc2ncccc2N)C1. The van der Waals surface area contributed by atoms with Gasteiger partial charge in [-0.15, -0.1) is 0 Å². The molecule has 1 aliphatic rings. The van der Waals surface area contributed by atoms with Crippen molar-refractivity contribution in [2.45, 2.75) is 45.7 Å². The number of anilines is 1. The quantitative estimate of drug-likeness (QED) is 0.820. The van der Waals surface area contributed by atoms with Gasteiger partial charge in [0.2, 0.25) is 0 Å². The van der Waals surface area contributed by atoms with Crippen molar-refractivity contribution in [1.82, 2.24) is 10.3 Å². The molecule has 1 atom stereocenters. The molecule has 3 nitrogen and oxygen atoms in total. The van der Waals surface area contributed by atoms with Gasteiger partial charge >= 0.3 is 0 Å². The van der Waals surface area contributed by atoms with Gasteiger partial charge in [-0.2, -0.15) is 0 Å². The third-order valence-corrected chi connectivity index (χ3v) is 3.45. The van der Waals surface area contributed by atoms with Crippen LogP contribution in [0.4, 0.5) is 5.69 Å². The molecule has 0 amide bonds. The highest BCUT2D eigenvalue weighted by molar-refractivity contribution is 5.41. The Labute approximate surface area is 97.5 Å². The van der Waals surface area contributed by atoms with Gasteiger partial charge in [-0.05, 0) is 36.8 Å². The van der Waals surface area contributed by atoms with Gasteiger partial charge in [0.25, 0.3) is 0 Å². The fraction of sp³-hybridized carbons (Fsp3) is 0.615. The standard InChI is InChI=1S/C13H21N3/c1-13(2)6-5-10(8-13)16-9-12-11(14)4-3-7-15-12/h3-4,7,10,16H,5-6,8-9,14H2,1-2H3. The first-order valence-corrected chi connectivity index (χ1v) is 6.00. The lowest BCUT2D eigenvalue weighted by molar-refractivity contribution is 0.364. The van der Waals surface area contributed by atoms with E-state index >= 15 is 0 Å². The Morgan fingerprint density at radius 1 is 1.56 bits per heavy atom. The zero-order valence-electron chi connectivity index (χ0n) is 10.2. The van der Waals surface area contributed by atoms with Crippen molar-refractivity contribution in [3.63, 3.8) is 0 Å². The summed E-state index contributed by atoms with van der Waals surface area (Å²) in [6, 6.07) is 4.40. The highest BCUT2D eigenvalue weighted by atomic mass is 14.9. The second-order valence-corrected chi connectivity index (χ2v) is 5.52. The maximum absolute atomic E-state index is 5.86. The van der Waals surface area contributed by atoms with Crippen LogP contribution in [-0.4, -0.2) is 11.0 Å². The second-order valence-electron chi connectivity index (χ2n) is 5.52. The molecule has 3 heteroatoms. The van der Waals surface area contributed by atoms with Crippen LogP contribution >= 0.6 is 0 Å². The minimum Gasteiger partial charge on any atom is -0.397 e. The number of hydrogen-bond donors (Lipinski definition) is 2. The van der Waals surface area contributed by atoms with Crippen LogP contribution in [0.1, 0.15) is 38.8 Å². The van der Waals surface area contributed by atoms with E-state index in [-0.39, 0.29) is 0 Å². The summed E-state index contributed by atoms with van der Waals surface area (Å²) < 4.78 is 0. The van der Waals surface area contributed by atoms with Gasteiger partial charge in [-0.1, -0.05) is 13.8 Å². The zero-order valence-corrected chi connectivity index (χ0v) is 10.2. The third kappa shape index (κ3) is 2.73. The maximum Gasteiger partial charge on any atom is 0.0770 e. The predicted octanol–water partition coefficient (Wildman–Crippen LogP) is 2.33. The van der Waals surface area contributed by atoms with Crippen molar-refractivity contribution in [1.29, 1.82) is 0 Å². The Morgan fingerprint density at radius 3 is 3.00 bits per heavy atom. The Morgan fingerprint density at radius 2 is 2.38 bits per heavy atom. The Kier molecular flexibility index (Phi) is 3.15. The molecule has 0 saturated heterocycles. The lowest BCUT2D eigenvalue weighted by atomic mass is 9.92.